The Balaban J connectivity index is 1.32. The summed E-state index contributed by atoms with van der Waals surface area (Å²) in [5.74, 6) is 0.456. The largest absolute Gasteiger partial charge is 0.380 e. The van der Waals surface area contributed by atoms with Gasteiger partial charge >= 0.3 is 0 Å². The van der Waals surface area contributed by atoms with Crippen molar-refractivity contribution in [1.82, 2.24) is 19.3 Å². The van der Waals surface area contributed by atoms with Gasteiger partial charge in [0.2, 0.25) is 0 Å². The minimum atomic E-state index is 0.456. The van der Waals surface area contributed by atoms with Crippen LogP contribution in [0.5, 0.6) is 0 Å². The highest BCUT2D eigenvalue weighted by molar-refractivity contribution is 5.79. The maximum atomic E-state index is 5.92. The molecule has 5 rings (SSSR count). The Morgan fingerprint density at radius 1 is 1.19 bits per heavy atom. The van der Waals surface area contributed by atoms with E-state index in [1.54, 1.807) is 0 Å². The van der Waals surface area contributed by atoms with Crippen molar-refractivity contribution < 1.29 is 4.74 Å². The van der Waals surface area contributed by atoms with Crippen molar-refractivity contribution >= 4 is 16.4 Å². The second-order valence-electron chi connectivity index (χ2n) is 7.45. The highest BCUT2D eigenvalue weighted by Gasteiger charge is 2.21. The standard InChI is InChI=1S/C22H24N4O/c1-2-22-21(24-7-9-26(22)8-1)13-18-15-25(10-11-27-16-18)14-17-3-4-20-19(12-17)5-6-23-20/h1-9,12,18,23H,10-11,13-16H2/t18-/m1/s1. The van der Waals surface area contributed by atoms with Crippen molar-refractivity contribution in [2.45, 2.75) is 13.0 Å². The van der Waals surface area contributed by atoms with Crippen LogP contribution in [0.25, 0.3) is 16.4 Å². The van der Waals surface area contributed by atoms with Gasteiger partial charge in [0.15, 0.2) is 0 Å². The smallest absolute Gasteiger partial charge is 0.0666 e. The molecule has 4 aromatic rings. The average Bonchev–Trinajstić information content (AvgIpc) is 3.29. The van der Waals surface area contributed by atoms with Gasteiger partial charge in [-0.1, -0.05) is 6.07 Å². The predicted octanol–water partition coefficient (Wildman–Crippen LogP) is 3.51. The summed E-state index contributed by atoms with van der Waals surface area (Å²) in [4.78, 5) is 10.4. The van der Waals surface area contributed by atoms with Gasteiger partial charge in [-0.05, 0) is 47.7 Å². The number of hydrogen-bond donors (Lipinski definition) is 1. The van der Waals surface area contributed by atoms with E-state index in [4.69, 9.17) is 4.74 Å². The summed E-state index contributed by atoms with van der Waals surface area (Å²) < 4.78 is 8.06. The van der Waals surface area contributed by atoms with Gasteiger partial charge < -0.3 is 14.1 Å². The molecule has 0 aliphatic carbocycles. The Morgan fingerprint density at radius 3 is 3.19 bits per heavy atom. The number of ether oxygens (including phenoxy) is 1. The van der Waals surface area contributed by atoms with Crippen molar-refractivity contribution in [2.75, 3.05) is 26.3 Å². The molecule has 0 spiro atoms. The fourth-order valence-electron chi connectivity index (χ4n) is 4.14. The molecule has 4 heterocycles. The monoisotopic (exact) mass is 360 g/mol. The number of nitrogens with zero attached hydrogens (tertiary/aromatic N) is 3. The quantitative estimate of drug-likeness (QED) is 0.606. The van der Waals surface area contributed by atoms with E-state index in [1.165, 1.54) is 22.0 Å². The molecule has 5 nitrogen and oxygen atoms in total. The van der Waals surface area contributed by atoms with Crippen molar-refractivity contribution in [3.63, 3.8) is 0 Å². The molecule has 0 radical (unpaired) electrons. The van der Waals surface area contributed by atoms with E-state index >= 15 is 0 Å². The Morgan fingerprint density at radius 2 is 2.19 bits per heavy atom. The fourth-order valence-corrected chi connectivity index (χ4v) is 4.14. The summed E-state index contributed by atoms with van der Waals surface area (Å²) in [5.41, 5.74) is 4.91. The van der Waals surface area contributed by atoms with Crippen molar-refractivity contribution in [2.24, 2.45) is 5.92 Å². The van der Waals surface area contributed by atoms with Crippen LogP contribution in [0.3, 0.4) is 0 Å². The average molecular weight is 360 g/mol. The Hall–Kier alpha value is -2.63. The van der Waals surface area contributed by atoms with Crippen LogP contribution < -0.4 is 0 Å². The van der Waals surface area contributed by atoms with E-state index in [9.17, 15) is 0 Å². The third kappa shape index (κ3) is 3.48. The summed E-state index contributed by atoms with van der Waals surface area (Å²) in [5, 5.41) is 1.28. The van der Waals surface area contributed by atoms with Crippen LogP contribution in [-0.2, 0) is 17.7 Å². The predicted molar refractivity (Wildman–Crippen MR) is 107 cm³/mol. The SMILES string of the molecule is c1cc2c(C[C@H]3COCCN(Cc4ccc5[nH]ccc5c4)C3)nccn2c1. The number of rotatable bonds is 4. The van der Waals surface area contributed by atoms with Crippen molar-refractivity contribution in [1.29, 1.82) is 0 Å². The third-order valence-electron chi connectivity index (χ3n) is 5.46. The second kappa shape index (κ2) is 7.18. The van der Waals surface area contributed by atoms with Gasteiger partial charge in [0.25, 0.3) is 0 Å². The molecular weight excluding hydrogens is 336 g/mol. The first-order chi connectivity index (χ1) is 13.3. The summed E-state index contributed by atoms with van der Waals surface area (Å²) in [6.45, 7) is 4.57. The molecule has 27 heavy (non-hydrogen) atoms. The molecule has 0 amide bonds. The first-order valence-electron chi connectivity index (χ1n) is 9.62. The maximum Gasteiger partial charge on any atom is 0.0666 e. The van der Waals surface area contributed by atoms with E-state index in [0.29, 0.717) is 5.92 Å². The number of hydrogen-bond acceptors (Lipinski definition) is 3. The lowest BCUT2D eigenvalue weighted by atomic mass is 10.0. The summed E-state index contributed by atoms with van der Waals surface area (Å²) >= 11 is 0. The number of H-pyrrole nitrogens is 1. The molecule has 1 N–H and O–H groups in total. The van der Waals surface area contributed by atoms with Gasteiger partial charge in [-0.15, -0.1) is 0 Å². The van der Waals surface area contributed by atoms with Crippen LogP contribution >= 0.6 is 0 Å². The lowest BCUT2D eigenvalue weighted by Gasteiger charge is -2.23. The molecule has 0 bridgehead atoms. The van der Waals surface area contributed by atoms with Gasteiger partial charge in [-0.25, -0.2) is 0 Å². The van der Waals surface area contributed by atoms with Crippen LogP contribution in [0.1, 0.15) is 11.3 Å². The first kappa shape index (κ1) is 16.5. The van der Waals surface area contributed by atoms with Gasteiger partial charge in [0.1, 0.15) is 0 Å². The minimum Gasteiger partial charge on any atom is -0.380 e. The van der Waals surface area contributed by atoms with Gasteiger partial charge in [-0.2, -0.15) is 0 Å². The van der Waals surface area contributed by atoms with Crippen LogP contribution in [0.2, 0.25) is 0 Å². The Labute approximate surface area is 158 Å². The third-order valence-corrected chi connectivity index (χ3v) is 5.46. The van der Waals surface area contributed by atoms with Crippen LogP contribution in [0, 0.1) is 5.92 Å². The second-order valence-corrected chi connectivity index (χ2v) is 7.45. The zero-order valence-corrected chi connectivity index (χ0v) is 15.3. The highest BCUT2D eigenvalue weighted by atomic mass is 16.5. The number of aromatic nitrogens is 3. The lowest BCUT2D eigenvalue weighted by Crippen LogP contribution is -2.30. The van der Waals surface area contributed by atoms with Gasteiger partial charge in [0.05, 0.1) is 24.4 Å². The lowest BCUT2D eigenvalue weighted by molar-refractivity contribution is 0.121. The zero-order valence-electron chi connectivity index (χ0n) is 15.3. The molecule has 1 fully saturated rings. The molecule has 1 aromatic carbocycles. The van der Waals surface area contributed by atoms with E-state index in [-0.39, 0.29) is 0 Å². The zero-order chi connectivity index (χ0) is 18.1. The molecule has 138 valence electrons. The molecule has 0 unspecified atom stereocenters. The van der Waals surface area contributed by atoms with Crippen LogP contribution in [-0.4, -0.2) is 45.6 Å². The van der Waals surface area contributed by atoms with Crippen molar-refractivity contribution in [3.05, 3.63) is 72.4 Å². The van der Waals surface area contributed by atoms with Gasteiger partial charge in [0, 0.05) is 55.9 Å². The van der Waals surface area contributed by atoms with Crippen molar-refractivity contribution in [3.8, 4) is 0 Å². The van der Waals surface area contributed by atoms with E-state index in [0.717, 1.165) is 45.0 Å². The Bertz CT molecular complexity index is 1050. The molecule has 1 aliphatic rings. The topological polar surface area (TPSA) is 45.6 Å². The fraction of sp³-hybridized carbons (Fsp3) is 0.318. The molecule has 1 atom stereocenters. The molecular formula is C22H24N4O. The first-order valence-corrected chi connectivity index (χ1v) is 9.62. The Kier molecular flexibility index (Phi) is 4.40. The van der Waals surface area contributed by atoms with E-state index < -0.39 is 0 Å². The minimum absolute atomic E-state index is 0.456. The molecule has 5 heteroatoms. The normalized spacial score (nSPS) is 18.9. The van der Waals surface area contributed by atoms with E-state index in [2.05, 4.69) is 61.9 Å². The molecule has 3 aromatic heterocycles. The number of fused-ring (bicyclic) bond motifs is 2. The summed E-state index contributed by atoms with van der Waals surface area (Å²) in [7, 11) is 0. The molecule has 0 saturated carbocycles. The molecule has 1 aliphatic heterocycles. The summed E-state index contributed by atoms with van der Waals surface area (Å²) in [6, 6.07) is 13.0. The van der Waals surface area contributed by atoms with Crippen LogP contribution in [0.4, 0.5) is 0 Å². The molecule has 1 saturated heterocycles. The number of nitrogens with one attached hydrogen (secondary N) is 1. The summed E-state index contributed by atoms with van der Waals surface area (Å²) in [6.07, 6.45) is 8.92. The van der Waals surface area contributed by atoms with E-state index in [1.807, 2.05) is 18.6 Å². The number of aromatic amines is 1. The number of benzene rings is 1. The highest BCUT2D eigenvalue weighted by Crippen LogP contribution is 2.20. The van der Waals surface area contributed by atoms with Gasteiger partial charge in [-0.3, -0.25) is 9.88 Å². The maximum absolute atomic E-state index is 5.92. The van der Waals surface area contributed by atoms with Crippen LogP contribution in [0.15, 0.2) is 61.2 Å².